The maximum Gasteiger partial charge on any atom is 0.340 e. The van der Waals surface area contributed by atoms with Gasteiger partial charge in [0.25, 0.3) is 0 Å². The summed E-state index contributed by atoms with van der Waals surface area (Å²) in [5.74, 6) is 0.399. The Labute approximate surface area is 155 Å². The molecule has 0 spiro atoms. The molecule has 0 radical (unpaired) electrons. The fourth-order valence-electron chi connectivity index (χ4n) is 2.70. The van der Waals surface area contributed by atoms with E-state index < -0.39 is 5.97 Å². The van der Waals surface area contributed by atoms with E-state index in [0.29, 0.717) is 38.8 Å². The van der Waals surface area contributed by atoms with Gasteiger partial charge in [-0.05, 0) is 25.1 Å². The van der Waals surface area contributed by atoms with Crippen molar-refractivity contribution in [1.29, 1.82) is 0 Å². The van der Waals surface area contributed by atoms with Gasteiger partial charge in [-0.2, -0.15) is 0 Å². The smallest absolute Gasteiger partial charge is 0.340 e. The van der Waals surface area contributed by atoms with Crippen molar-refractivity contribution in [2.24, 2.45) is 0 Å². The number of pyridine rings is 2. The average Bonchev–Trinajstić information content (AvgIpc) is 2.66. The van der Waals surface area contributed by atoms with Crippen LogP contribution in [0.25, 0.3) is 22.2 Å². The summed E-state index contributed by atoms with van der Waals surface area (Å²) in [6.45, 7) is 1.98. The topological polar surface area (TPSA) is 70.5 Å². The molecule has 6 nitrogen and oxygen atoms in total. The Morgan fingerprint density at radius 1 is 1.12 bits per heavy atom. The number of esters is 1. The fourth-order valence-corrected chi connectivity index (χ4v) is 2.96. The van der Waals surface area contributed by atoms with Gasteiger partial charge < -0.3 is 14.2 Å². The second kappa shape index (κ2) is 7.58. The third-order valence-electron chi connectivity index (χ3n) is 3.84. The van der Waals surface area contributed by atoms with E-state index in [1.54, 1.807) is 37.3 Å². The Morgan fingerprint density at radius 3 is 2.62 bits per heavy atom. The molecule has 0 saturated heterocycles. The highest BCUT2D eigenvalue weighted by atomic mass is 35.5. The molecule has 0 fully saturated rings. The van der Waals surface area contributed by atoms with Crippen LogP contribution in [0.5, 0.6) is 11.6 Å². The molecule has 0 unspecified atom stereocenters. The molecule has 0 N–H and O–H groups in total. The molecule has 2 heterocycles. The van der Waals surface area contributed by atoms with Crippen molar-refractivity contribution in [3.05, 3.63) is 47.1 Å². The van der Waals surface area contributed by atoms with E-state index in [9.17, 15) is 4.79 Å². The first kappa shape index (κ1) is 17.9. The van der Waals surface area contributed by atoms with Crippen molar-refractivity contribution >= 4 is 28.6 Å². The summed E-state index contributed by atoms with van der Waals surface area (Å²) in [7, 11) is 3.06. The molecule has 1 aromatic carbocycles. The molecule has 0 aliphatic heterocycles. The lowest BCUT2D eigenvalue weighted by atomic mass is 9.98. The van der Waals surface area contributed by atoms with Crippen LogP contribution >= 0.6 is 11.6 Å². The van der Waals surface area contributed by atoms with Crippen LogP contribution in [0.4, 0.5) is 0 Å². The van der Waals surface area contributed by atoms with Crippen LogP contribution in [-0.2, 0) is 4.74 Å². The summed E-state index contributed by atoms with van der Waals surface area (Å²) < 4.78 is 15.9. The van der Waals surface area contributed by atoms with Gasteiger partial charge in [-0.1, -0.05) is 17.7 Å². The van der Waals surface area contributed by atoms with Gasteiger partial charge in [-0.25, -0.2) is 9.78 Å². The van der Waals surface area contributed by atoms with E-state index in [4.69, 9.17) is 25.8 Å². The zero-order chi connectivity index (χ0) is 18.7. The summed E-state index contributed by atoms with van der Waals surface area (Å²) in [5.41, 5.74) is 2.37. The van der Waals surface area contributed by atoms with Crippen molar-refractivity contribution in [3.8, 4) is 22.8 Å². The van der Waals surface area contributed by atoms with Gasteiger partial charge in [0.2, 0.25) is 5.88 Å². The number of carbonyl (C=O) groups excluding carboxylic acids is 1. The first-order chi connectivity index (χ1) is 12.6. The number of benzene rings is 1. The highest BCUT2D eigenvalue weighted by Crippen LogP contribution is 2.41. The average molecular weight is 373 g/mol. The van der Waals surface area contributed by atoms with Crippen molar-refractivity contribution in [2.45, 2.75) is 6.92 Å². The maximum atomic E-state index is 12.5. The van der Waals surface area contributed by atoms with E-state index in [0.717, 1.165) is 0 Å². The minimum Gasteiger partial charge on any atom is -0.496 e. The minimum atomic E-state index is -0.511. The molecule has 0 saturated carbocycles. The molecular formula is C19H17ClN2O4. The lowest BCUT2D eigenvalue weighted by molar-refractivity contribution is 0.0527. The second-order valence-corrected chi connectivity index (χ2v) is 5.71. The van der Waals surface area contributed by atoms with Gasteiger partial charge >= 0.3 is 5.97 Å². The van der Waals surface area contributed by atoms with Crippen LogP contribution in [0.2, 0.25) is 5.02 Å². The molecule has 0 aliphatic carbocycles. The van der Waals surface area contributed by atoms with Crippen LogP contribution in [0.3, 0.4) is 0 Å². The number of fused-ring (bicyclic) bond motifs is 1. The molecule has 7 heteroatoms. The van der Waals surface area contributed by atoms with Gasteiger partial charge in [0.15, 0.2) is 0 Å². The van der Waals surface area contributed by atoms with Gasteiger partial charge in [-0.15, -0.1) is 0 Å². The monoisotopic (exact) mass is 372 g/mol. The Morgan fingerprint density at radius 2 is 1.92 bits per heavy atom. The number of aromatic nitrogens is 2. The summed E-state index contributed by atoms with van der Waals surface area (Å²) in [4.78, 5) is 21.4. The Balaban J connectivity index is 2.43. The van der Waals surface area contributed by atoms with E-state index >= 15 is 0 Å². The van der Waals surface area contributed by atoms with Crippen molar-refractivity contribution in [1.82, 2.24) is 9.97 Å². The zero-order valence-corrected chi connectivity index (χ0v) is 15.3. The Hall–Kier alpha value is -2.86. The van der Waals surface area contributed by atoms with Gasteiger partial charge in [0.1, 0.15) is 11.3 Å². The van der Waals surface area contributed by atoms with Gasteiger partial charge in [0, 0.05) is 23.4 Å². The summed E-state index contributed by atoms with van der Waals surface area (Å²) in [6, 6.07) is 8.73. The highest BCUT2D eigenvalue weighted by Gasteiger charge is 2.24. The first-order valence-corrected chi connectivity index (χ1v) is 8.32. The molecule has 0 amide bonds. The molecule has 0 aliphatic rings. The van der Waals surface area contributed by atoms with Crippen LogP contribution in [0.15, 0.2) is 36.5 Å². The number of halogens is 1. The predicted octanol–water partition coefficient (Wildman–Crippen LogP) is 4.14. The van der Waals surface area contributed by atoms with E-state index in [2.05, 4.69) is 9.97 Å². The van der Waals surface area contributed by atoms with Crippen LogP contribution < -0.4 is 9.47 Å². The third-order valence-corrected chi connectivity index (χ3v) is 4.15. The summed E-state index contributed by atoms with van der Waals surface area (Å²) in [6.07, 6.45) is 1.46. The zero-order valence-electron chi connectivity index (χ0n) is 14.6. The van der Waals surface area contributed by atoms with Gasteiger partial charge in [0.05, 0.1) is 36.9 Å². The van der Waals surface area contributed by atoms with E-state index in [1.807, 2.05) is 0 Å². The normalized spacial score (nSPS) is 10.6. The first-order valence-electron chi connectivity index (χ1n) is 7.94. The number of nitrogens with zero attached hydrogens (tertiary/aromatic N) is 2. The quantitative estimate of drug-likeness (QED) is 0.627. The maximum absolute atomic E-state index is 12.5. The van der Waals surface area contributed by atoms with Crippen LogP contribution in [0, 0.1) is 0 Å². The number of ether oxygens (including phenoxy) is 3. The largest absolute Gasteiger partial charge is 0.496 e. The van der Waals surface area contributed by atoms with Crippen molar-refractivity contribution in [3.63, 3.8) is 0 Å². The number of rotatable bonds is 5. The molecular weight excluding hydrogens is 356 g/mol. The number of hydrogen-bond donors (Lipinski definition) is 0. The molecule has 3 rings (SSSR count). The number of hydrogen-bond acceptors (Lipinski definition) is 6. The molecule has 0 atom stereocenters. The summed E-state index contributed by atoms with van der Waals surface area (Å²) in [5, 5.41) is 0.423. The van der Waals surface area contributed by atoms with E-state index in [-0.39, 0.29) is 12.2 Å². The lowest BCUT2D eigenvalue weighted by Gasteiger charge is -2.16. The number of carbonyl (C=O) groups is 1. The molecule has 134 valence electrons. The van der Waals surface area contributed by atoms with Crippen LogP contribution in [0.1, 0.15) is 17.3 Å². The minimum absolute atomic E-state index is 0.238. The number of methoxy groups -OCH3 is 2. The fraction of sp³-hybridized carbons (Fsp3) is 0.211. The molecule has 0 bridgehead atoms. The SMILES string of the molecule is CCOC(=O)c1cnc2ccc(OC)nc2c1-c1c(Cl)cccc1OC. The molecule has 26 heavy (non-hydrogen) atoms. The highest BCUT2D eigenvalue weighted by molar-refractivity contribution is 6.34. The Bertz CT molecular complexity index is 975. The molecule has 3 aromatic rings. The standard InChI is InChI=1S/C19H17ClN2O4/c1-4-26-19(23)11-10-21-13-8-9-15(25-3)22-18(13)16(11)17-12(20)6-5-7-14(17)24-2/h5-10H,4H2,1-3H3. The summed E-state index contributed by atoms with van der Waals surface area (Å²) >= 11 is 6.46. The third kappa shape index (κ3) is 3.15. The molecule has 2 aromatic heterocycles. The Kier molecular flexibility index (Phi) is 5.23. The second-order valence-electron chi connectivity index (χ2n) is 5.31. The van der Waals surface area contributed by atoms with E-state index in [1.165, 1.54) is 20.4 Å². The van der Waals surface area contributed by atoms with Crippen molar-refractivity contribution < 1.29 is 19.0 Å². The van der Waals surface area contributed by atoms with Crippen molar-refractivity contribution in [2.75, 3.05) is 20.8 Å². The van der Waals surface area contributed by atoms with Crippen LogP contribution in [-0.4, -0.2) is 36.8 Å². The predicted molar refractivity (Wildman–Crippen MR) is 99.0 cm³/mol. The van der Waals surface area contributed by atoms with Gasteiger partial charge in [-0.3, -0.25) is 4.98 Å². The lowest BCUT2D eigenvalue weighted by Crippen LogP contribution is -2.09.